The maximum atomic E-state index is 2.29. The Kier molecular flexibility index (Phi) is 5.77. The van der Waals surface area contributed by atoms with Gasteiger partial charge in [-0.25, -0.2) is 0 Å². The Bertz CT molecular complexity index is 224. The second-order valence-corrected chi connectivity index (χ2v) is 5.98. The Hall–Kier alpha value is -0.430. The molecule has 0 aliphatic heterocycles. The molecule has 0 aliphatic rings. The molecule has 0 spiro atoms. The van der Waals surface area contributed by atoms with Gasteiger partial charge in [-0.1, -0.05) is 44.2 Å². The highest BCUT2D eigenvalue weighted by atomic mass is 32.2. The van der Waals surface area contributed by atoms with Gasteiger partial charge in [0.15, 0.2) is 0 Å². The van der Waals surface area contributed by atoms with Crippen LogP contribution in [0.15, 0.2) is 30.3 Å². The van der Waals surface area contributed by atoms with Crippen molar-refractivity contribution >= 4 is 10.9 Å². The van der Waals surface area contributed by atoms with Crippen molar-refractivity contribution < 1.29 is 0 Å². The highest BCUT2D eigenvalue weighted by molar-refractivity contribution is 7.96. The molecule has 0 unspecified atom stereocenters. The van der Waals surface area contributed by atoms with Crippen molar-refractivity contribution in [3.05, 3.63) is 35.9 Å². The quantitative estimate of drug-likeness (QED) is 0.628. The van der Waals surface area contributed by atoms with E-state index in [1.165, 1.54) is 35.7 Å². The van der Waals surface area contributed by atoms with Crippen LogP contribution in [0.3, 0.4) is 0 Å². The normalized spacial score (nSPS) is 10.8. The zero-order chi connectivity index (χ0) is 10.2. The highest BCUT2D eigenvalue weighted by Gasteiger charge is 2.15. The Morgan fingerprint density at radius 1 is 0.929 bits per heavy atom. The fourth-order valence-corrected chi connectivity index (χ4v) is 3.95. The van der Waals surface area contributed by atoms with Gasteiger partial charge in [0.25, 0.3) is 0 Å². The van der Waals surface area contributed by atoms with Crippen LogP contribution in [0.5, 0.6) is 0 Å². The summed E-state index contributed by atoms with van der Waals surface area (Å²) < 4.78 is 0. The summed E-state index contributed by atoms with van der Waals surface area (Å²) in [5.74, 6) is 4.11. The van der Waals surface area contributed by atoms with Crippen LogP contribution >= 0.6 is 0 Å². The molecule has 14 heavy (non-hydrogen) atoms. The molecular formula is C13H21S+. The van der Waals surface area contributed by atoms with Crippen molar-refractivity contribution in [1.82, 2.24) is 0 Å². The van der Waals surface area contributed by atoms with Crippen LogP contribution in [-0.2, 0) is 16.6 Å². The Morgan fingerprint density at radius 3 is 2.00 bits per heavy atom. The maximum Gasteiger partial charge on any atom is 0.133 e. The van der Waals surface area contributed by atoms with E-state index in [1.54, 1.807) is 0 Å². The molecule has 0 fully saturated rings. The van der Waals surface area contributed by atoms with Crippen LogP contribution in [-0.4, -0.2) is 11.5 Å². The molecule has 0 bridgehead atoms. The Labute approximate surface area is 91.1 Å². The third-order valence-electron chi connectivity index (χ3n) is 2.20. The molecule has 1 rings (SSSR count). The topological polar surface area (TPSA) is 0 Å². The molecule has 78 valence electrons. The summed E-state index contributed by atoms with van der Waals surface area (Å²) in [5, 5.41) is 0. The molecule has 0 atom stereocenters. The van der Waals surface area contributed by atoms with Crippen LogP contribution in [0.1, 0.15) is 32.3 Å². The van der Waals surface area contributed by atoms with E-state index in [2.05, 4.69) is 44.2 Å². The molecule has 1 aromatic rings. The predicted molar refractivity (Wildman–Crippen MR) is 67.8 cm³/mol. The summed E-state index contributed by atoms with van der Waals surface area (Å²) in [6.45, 7) is 4.58. The zero-order valence-corrected chi connectivity index (χ0v) is 10.1. The lowest BCUT2D eigenvalue weighted by atomic mass is 10.2. The highest BCUT2D eigenvalue weighted by Crippen LogP contribution is 2.11. The van der Waals surface area contributed by atoms with E-state index >= 15 is 0 Å². The summed E-state index contributed by atoms with van der Waals surface area (Å²) in [6, 6.07) is 10.9. The number of rotatable bonds is 6. The third kappa shape index (κ3) is 4.19. The van der Waals surface area contributed by atoms with E-state index in [-0.39, 0.29) is 0 Å². The molecular weight excluding hydrogens is 188 g/mol. The van der Waals surface area contributed by atoms with Gasteiger partial charge in [0.05, 0.1) is 0 Å². The molecule has 0 saturated heterocycles. The first kappa shape index (κ1) is 11.6. The van der Waals surface area contributed by atoms with Crippen molar-refractivity contribution in [2.45, 2.75) is 32.4 Å². The van der Waals surface area contributed by atoms with Gasteiger partial charge in [-0.15, -0.1) is 0 Å². The molecule has 0 aromatic heterocycles. The molecule has 0 heterocycles. The van der Waals surface area contributed by atoms with Crippen LogP contribution in [0, 0.1) is 0 Å². The third-order valence-corrected chi connectivity index (χ3v) is 4.91. The van der Waals surface area contributed by atoms with Gasteiger partial charge in [-0.3, -0.25) is 0 Å². The number of hydrogen-bond donors (Lipinski definition) is 0. The fourth-order valence-electron chi connectivity index (χ4n) is 1.63. The SMILES string of the molecule is CCC[S+](CCC)Cc1ccccc1. The first-order valence-corrected chi connectivity index (χ1v) is 7.28. The van der Waals surface area contributed by atoms with Crippen molar-refractivity contribution in [1.29, 1.82) is 0 Å². The van der Waals surface area contributed by atoms with Crippen LogP contribution in [0.25, 0.3) is 0 Å². The summed E-state index contributed by atoms with van der Waals surface area (Å²) in [4.78, 5) is 0. The molecule has 1 aromatic carbocycles. The average Bonchev–Trinajstić information content (AvgIpc) is 2.20. The average molecular weight is 209 g/mol. The van der Waals surface area contributed by atoms with Crippen molar-refractivity contribution in [3.63, 3.8) is 0 Å². The van der Waals surface area contributed by atoms with Crippen LogP contribution in [0.2, 0.25) is 0 Å². The zero-order valence-electron chi connectivity index (χ0n) is 9.33. The van der Waals surface area contributed by atoms with Crippen molar-refractivity contribution in [2.24, 2.45) is 0 Å². The van der Waals surface area contributed by atoms with Gasteiger partial charge in [-0.05, 0) is 23.7 Å². The van der Waals surface area contributed by atoms with E-state index in [9.17, 15) is 0 Å². The monoisotopic (exact) mass is 209 g/mol. The number of benzene rings is 1. The fraction of sp³-hybridized carbons (Fsp3) is 0.538. The van der Waals surface area contributed by atoms with E-state index in [0.717, 1.165) is 0 Å². The van der Waals surface area contributed by atoms with Gasteiger partial charge in [0.2, 0.25) is 0 Å². The minimum atomic E-state index is 0.625. The minimum Gasteiger partial charge on any atom is -0.0622 e. The predicted octanol–water partition coefficient (Wildman–Crippen LogP) is 3.62. The van der Waals surface area contributed by atoms with E-state index in [1.807, 2.05) is 0 Å². The molecule has 0 aliphatic carbocycles. The molecule has 1 heteroatoms. The van der Waals surface area contributed by atoms with Gasteiger partial charge in [-0.2, -0.15) is 0 Å². The van der Waals surface area contributed by atoms with E-state index < -0.39 is 0 Å². The molecule has 0 saturated carbocycles. The lowest BCUT2D eigenvalue weighted by Crippen LogP contribution is -2.13. The Balaban J connectivity index is 2.46. The summed E-state index contributed by atoms with van der Waals surface area (Å²) in [7, 11) is 0.625. The van der Waals surface area contributed by atoms with Gasteiger partial charge in [0, 0.05) is 5.56 Å². The van der Waals surface area contributed by atoms with Gasteiger partial charge in [0.1, 0.15) is 17.3 Å². The largest absolute Gasteiger partial charge is 0.133 e. The minimum absolute atomic E-state index is 0.625. The maximum absolute atomic E-state index is 2.29. The number of hydrogen-bond acceptors (Lipinski definition) is 0. The standard InChI is InChI=1S/C13H21S/c1-3-10-14(11-4-2)12-13-8-6-5-7-9-13/h5-9H,3-4,10-12H2,1-2H3/q+1. The smallest absolute Gasteiger partial charge is 0.0622 e. The summed E-state index contributed by atoms with van der Waals surface area (Å²) in [6.07, 6.45) is 2.66. The van der Waals surface area contributed by atoms with Crippen molar-refractivity contribution in [3.8, 4) is 0 Å². The van der Waals surface area contributed by atoms with Crippen LogP contribution < -0.4 is 0 Å². The molecule has 0 radical (unpaired) electrons. The van der Waals surface area contributed by atoms with Crippen LogP contribution in [0.4, 0.5) is 0 Å². The Morgan fingerprint density at radius 2 is 1.50 bits per heavy atom. The summed E-state index contributed by atoms with van der Waals surface area (Å²) in [5.41, 5.74) is 1.51. The first-order chi connectivity index (χ1) is 6.86. The first-order valence-electron chi connectivity index (χ1n) is 5.54. The second-order valence-electron chi connectivity index (χ2n) is 3.65. The second kappa shape index (κ2) is 6.94. The summed E-state index contributed by atoms with van der Waals surface area (Å²) >= 11 is 0. The van der Waals surface area contributed by atoms with Gasteiger partial charge < -0.3 is 0 Å². The van der Waals surface area contributed by atoms with Crippen molar-refractivity contribution in [2.75, 3.05) is 11.5 Å². The lowest BCUT2D eigenvalue weighted by Gasteiger charge is -2.06. The molecule has 0 amide bonds. The van der Waals surface area contributed by atoms with Gasteiger partial charge >= 0.3 is 0 Å². The lowest BCUT2D eigenvalue weighted by molar-refractivity contribution is 1.05. The molecule has 0 nitrogen and oxygen atoms in total. The van der Waals surface area contributed by atoms with E-state index in [4.69, 9.17) is 0 Å². The molecule has 0 N–H and O–H groups in total. The van der Waals surface area contributed by atoms with E-state index in [0.29, 0.717) is 10.9 Å².